The van der Waals surface area contributed by atoms with Gasteiger partial charge in [0.1, 0.15) is 5.69 Å². The molecule has 0 saturated heterocycles. The van der Waals surface area contributed by atoms with E-state index in [2.05, 4.69) is 21.9 Å². The second-order valence-corrected chi connectivity index (χ2v) is 3.89. The number of aromatic nitrogens is 3. The first-order valence-electron chi connectivity index (χ1n) is 5.73. The first-order chi connectivity index (χ1) is 8.24. The summed E-state index contributed by atoms with van der Waals surface area (Å²) in [7, 11) is 0. The van der Waals surface area contributed by atoms with Gasteiger partial charge < -0.3 is 5.73 Å². The first kappa shape index (κ1) is 11.7. The Bertz CT molecular complexity index is 523. The Morgan fingerprint density at radius 1 is 1.24 bits per heavy atom. The molecule has 0 aromatic carbocycles. The number of pyridine rings is 1. The summed E-state index contributed by atoms with van der Waals surface area (Å²) in [5.41, 5.74) is 9.42. The predicted molar refractivity (Wildman–Crippen MR) is 67.3 cm³/mol. The van der Waals surface area contributed by atoms with Crippen LogP contribution in [-0.2, 0) is 13.0 Å². The van der Waals surface area contributed by atoms with E-state index in [1.807, 2.05) is 25.1 Å². The molecule has 0 atom stereocenters. The minimum Gasteiger partial charge on any atom is -0.326 e. The number of nitrogens with zero attached hydrogens (tertiary/aromatic N) is 3. The van der Waals surface area contributed by atoms with Gasteiger partial charge in [-0.1, -0.05) is 13.0 Å². The Kier molecular flexibility index (Phi) is 3.44. The van der Waals surface area contributed by atoms with Crippen LogP contribution in [0.3, 0.4) is 0 Å². The lowest BCUT2D eigenvalue weighted by atomic mass is 10.2. The summed E-state index contributed by atoms with van der Waals surface area (Å²) >= 11 is 0. The quantitative estimate of drug-likeness (QED) is 0.871. The minimum atomic E-state index is 0.477. The van der Waals surface area contributed by atoms with Gasteiger partial charge in [0, 0.05) is 29.7 Å². The van der Waals surface area contributed by atoms with Gasteiger partial charge in [-0.15, -0.1) is 0 Å². The van der Waals surface area contributed by atoms with Crippen LogP contribution in [0.4, 0.5) is 0 Å². The predicted octanol–water partition coefficient (Wildman–Crippen LogP) is 1.87. The van der Waals surface area contributed by atoms with E-state index in [9.17, 15) is 0 Å². The van der Waals surface area contributed by atoms with E-state index in [1.165, 1.54) is 0 Å². The maximum absolute atomic E-state index is 5.64. The second kappa shape index (κ2) is 5.01. The highest BCUT2D eigenvalue weighted by Gasteiger charge is 2.07. The van der Waals surface area contributed by atoms with Gasteiger partial charge in [-0.25, -0.2) is 15.0 Å². The zero-order valence-corrected chi connectivity index (χ0v) is 10.1. The highest BCUT2D eigenvalue weighted by molar-refractivity contribution is 5.49. The van der Waals surface area contributed by atoms with E-state index in [0.29, 0.717) is 12.4 Å². The highest BCUT2D eigenvalue weighted by Crippen LogP contribution is 2.14. The molecule has 0 bridgehead atoms. The maximum atomic E-state index is 5.64. The summed E-state index contributed by atoms with van der Waals surface area (Å²) < 4.78 is 0. The smallest absolute Gasteiger partial charge is 0.178 e. The van der Waals surface area contributed by atoms with Crippen LogP contribution in [0.2, 0.25) is 0 Å². The third kappa shape index (κ3) is 2.47. The Labute approximate surface area is 101 Å². The summed E-state index contributed by atoms with van der Waals surface area (Å²) in [6.07, 6.45) is 2.65. The fourth-order valence-corrected chi connectivity index (χ4v) is 1.71. The Hall–Kier alpha value is -1.81. The normalized spacial score (nSPS) is 10.5. The van der Waals surface area contributed by atoms with Crippen LogP contribution >= 0.6 is 0 Å². The zero-order valence-electron chi connectivity index (χ0n) is 10.1. The molecule has 4 nitrogen and oxygen atoms in total. The summed E-state index contributed by atoms with van der Waals surface area (Å²) in [4.78, 5) is 13.3. The van der Waals surface area contributed by atoms with Crippen molar-refractivity contribution in [2.24, 2.45) is 5.73 Å². The molecule has 0 aliphatic heterocycles. The monoisotopic (exact) mass is 228 g/mol. The molecule has 0 fully saturated rings. The number of nitrogens with two attached hydrogens (primary N) is 1. The number of rotatable bonds is 3. The van der Waals surface area contributed by atoms with Crippen LogP contribution in [0.25, 0.3) is 11.5 Å². The van der Waals surface area contributed by atoms with Crippen molar-refractivity contribution in [3.63, 3.8) is 0 Å². The van der Waals surface area contributed by atoms with E-state index < -0.39 is 0 Å². The van der Waals surface area contributed by atoms with Gasteiger partial charge in [0.15, 0.2) is 5.82 Å². The van der Waals surface area contributed by atoms with Crippen molar-refractivity contribution in [2.45, 2.75) is 26.8 Å². The Morgan fingerprint density at radius 3 is 2.71 bits per heavy atom. The van der Waals surface area contributed by atoms with Gasteiger partial charge in [0.25, 0.3) is 0 Å². The second-order valence-electron chi connectivity index (χ2n) is 3.89. The van der Waals surface area contributed by atoms with Crippen LogP contribution in [-0.4, -0.2) is 15.0 Å². The van der Waals surface area contributed by atoms with Gasteiger partial charge in [-0.3, -0.25) is 0 Å². The third-order valence-electron chi connectivity index (χ3n) is 2.63. The van der Waals surface area contributed by atoms with E-state index in [4.69, 9.17) is 5.73 Å². The average molecular weight is 228 g/mol. The highest BCUT2D eigenvalue weighted by atomic mass is 14.9. The molecule has 0 aliphatic rings. The summed E-state index contributed by atoms with van der Waals surface area (Å²) in [5, 5.41) is 0. The van der Waals surface area contributed by atoms with E-state index in [-0.39, 0.29) is 0 Å². The molecule has 0 aliphatic carbocycles. The lowest BCUT2D eigenvalue weighted by molar-refractivity contribution is 0.915. The molecule has 2 N–H and O–H groups in total. The molecular weight excluding hydrogens is 212 g/mol. The maximum Gasteiger partial charge on any atom is 0.178 e. The van der Waals surface area contributed by atoms with Crippen LogP contribution in [0.1, 0.15) is 23.9 Å². The van der Waals surface area contributed by atoms with Gasteiger partial charge >= 0.3 is 0 Å². The van der Waals surface area contributed by atoms with E-state index >= 15 is 0 Å². The van der Waals surface area contributed by atoms with Crippen molar-refractivity contribution in [2.75, 3.05) is 0 Å². The van der Waals surface area contributed by atoms with E-state index in [0.717, 1.165) is 29.1 Å². The SMILES string of the molecule is CCc1nc(-c2cccc(C)n2)ncc1CN. The molecule has 0 amide bonds. The molecule has 2 heterocycles. The standard InChI is InChI=1S/C13H16N4/c1-3-11-10(7-14)8-15-13(17-11)12-6-4-5-9(2)16-12/h4-6,8H,3,7,14H2,1-2H3. The topological polar surface area (TPSA) is 64.7 Å². The van der Waals surface area contributed by atoms with Crippen LogP contribution < -0.4 is 5.73 Å². The Morgan fingerprint density at radius 2 is 2.06 bits per heavy atom. The van der Waals surface area contributed by atoms with Gasteiger partial charge in [-0.05, 0) is 25.5 Å². The molecule has 4 heteroatoms. The molecule has 2 aromatic rings. The Balaban J connectivity index is 2.46. The molecular formula is C13H16N4. The fourth-order valence-electron chi connectivity index (χ4n) is 1.71. The van der Waals surface area contributed by atoms with Crippen molar-refractivity contribution in [3.8, 4) is 11.5 Å². The lowest BCUT2D eigenvalue weighted by Crippen LogP contribution is -2.06. The van der Waals surface area contributed by atoms with Crippen LogP contribution in [0, 0.1) is 6.92 Å². The molecule has 0 spiro atoms. The summed E-state index contributed by atoms with van der Waals surface area (Å²) in [6.45, 7) is 4.50. The average Bonchev–Trinajstić information content (AvgIpc) is 2.38. The number of aryl methyl sites for hydroxylation is 2. The third-order valence-corrected chi connectivity index (χ3v) is 2.63. The van der Waals surface area contributed by atoms with Crippen molar-refractivity contribution >= 4 is 0 Å². The van der Waals surface area contributed by atoms with Crippen molar-refractivity contribution in [3.05, 3.63) is 41.3 Å². The van der Waals surface area contributed by atoms with Crippen molar-refractivity contribution in [1.29, 1.82) is 0 Å². The van der Waals surface area contributed by atoms with Crippen molar-refractivity contribution < 1.29 is 0 Å². The number of hydrogen-bond acceptors (Lipinski definition) is 4. The minimum absolute atomic E-state index is 0.477. The van der Waals surface area contributed by atoms with Crippen molar-refractivity contribution in [1.82, 2.24) is 15.0 Å². The largest absolute Gasteiger partial charge is 0.326 e. The van der Waals surface area contributed by atoms with Gasteiger partial charge in [0.05, 0.1) is 0 Å². The zero-order chi connectivity index (χ0) is 12.3. The molecule has 0 unspecified atom stereocenters. The lowest BCUT2D eigenvalue weighted by Gasteiger charge is -2.06. The van der Waals surface area contributed by atoms with Gasteiger partial charge in [-0.2, -0.15) is 0 Å². The molecule has 2 rings (SSSR count). The molecule has 0 saturated carbocycles. The molecule has 17 heavy (non-hydrogen) atoms. The van der Waals surface area contributed by atoms with Crippen LogP contribution in [0.15, 0.2) is 24.4 Å². The molecule has 88 valence electrons. The summed E-state index contributed by atoms with van der Waals surface area (Å²) in [5.74, 6) is 0.669. The first-order valence-corrected chi connectivity index (χ1v) is 5.73. The van der Waals surface area contributed by atoms with Crippen LogP contribution in [0.5, 0.6) is 0 Å². The fraction of sp³-hybridized carbons (Fsp3) is 0.308. The van der Waals surface area contributed by atoms with E-state index in [1.54, 1.807) is 6.20 Å². The van der Waals surface area contributed by atoms with Gasteiger partial charge in [0.2, 0.25) is 0 Å². The summed E-state index contributed by atoms with van der Waals surface area (Å²) in [6, 6.07) is 5.84. The molecule has 0 radical (unpaired) electrons. The molecule has 2 aromatic heterocycles. The number of hydrogen-bond donors (Lipinski definition) is 1.